The molecule has 6 rings (SSSR count). The molecule has 1 saturated carbocycles. The summed E-state index contributed by atoms with van der Waals surface area (Å²) in [6.45, 7) is 3.42. The number of fused-ring (bicyclic) bond motifs is 4. The van der Waals surface area contributed by atoms with Crippen molar-refractivity contribution < 1.29 is 29.0 Å². The Morgan fingerprint density at radius 2 is 1.66 bits per heavy atom. The van der Waals surface area contributed by atoms with Crippen LogP contribution in [0.4, 0.5) is 4.79 Å². The van der Waals surface area contributed by atoms with E-state index in [9.17, 15) is 19.5 Å². The number of alkyl carbamates (subject to hydrolysis) is 1. The molecular formula is C27H30N2O6. The molecule has 8 heteroatoms. The fourth-order valence-electron chi connectivity index (χ4n) is 6.06. The van der Waals surface area contributed by atoms with Crippen molar-refractivity contribution in [2.24, 2.45) is 5.41 Å². The van der Waals surface area contributed by atoms with Gasteiger partial charge in [-0.1, -0.05) is 55.5 Å². The van der Waals surface area contributed by atoms with Crippen molar-refractivity contribution in [3.05, 3.63) is 59.7 Å². The molecule has 2 aliphatic heterocycles. The van der Waals surface area contributed by atoms with Crippen molar-refractivity contribution >= 4 is 18.0 Å². The number of carbonyl (C=O) groups is 3. The van der Waals surface area contributed by atoms with Crippen LogP contribution in [0.3, 0.4) is 0 Å². The molecule has 0 spiro atoms. The van der Waals surface area contributed by atoms with Gasteiger partial charge in [0, 0.05) is 19.0 Å². The lowest BCUT2D eigenvalue weighted by atomic mass is 9.63. The minimum Gasteiger partial charge on any atom is -0.479 e. The zero-order valence-corrected chi connectivity index (χ0v) is 19.8. The van der Waals surface area contributed by atoms with Crippen LogP contribution in [0.2, 0.25) is 0 Å². The molecule has 2 heterocycles. The van der Waals surface area contributed by atoms with Crippen LogP contribution in [0, 0.1) is 5.41 Å². The molecule has 4 aliphatic rings. The molecule has 2 bridgehead atoms. The summed E-state index contributed by atoms with van der Waals surface area (Å²) in [6, 6.07) is 16.3. The van der Waals surface area contributed by atoms with E-state index in [-0.39, 0.29) is 50.0 Å². The molecule has 0 unspecified atom stereocenters. The van der Waals surface area contributed by atoms with Gasteiger partial charge in [0.05, 0.1) is 19.6 Å². The maximum atomic E-state index is 12.6. The lowest BCUT2D eigenvalue weighted by Gasteiger charge is -2.42. The lowest BCUT2D eigenvalue weighted by Crippen LogP contribution is -2.56. The van der Waals surface area contributed by atoms with Crippen molar-refractivity contribution in [3.8, 4) is 11.1 Å². The van der Waals surface area contributed by atoms with Gasteiger partial charge in [0.25, 0.3) is 0 Å². The number of carboxylic acids is 1. The Morgan fingerprint density at radius 1 is 1.03 bits per heavy atom. The van der Waals surface area contributed by atoms with Gasteiger partial charge in [-0.2, -0.15) is 0 Å². The summed E-state index contributed by atoms with van der Waals surface area (Å²) in [7, 11) is 0. The van der Waals surface area contributed by atoms with Crippen molar-refractivity contribution in [1.82, 2.24) is 10.2 Å². The molecule has 2 N–H and O–H groups in total. The van der Waals surface area contributed by atoms with Gasteiger partial charge in [0.15, 0.2) is 0 Å². The van der Waals surface area contributed by atoms with Gasteiger partial charge >= 0.3 is 12.1 Å². The summed E-state index contributed by atoms with van der Waals surface area (Å²) in [5.41, 5.74) is 3.55. The molecule has 8 nitrogen and oxygen atoms in total. The van der Waals surface area contributed by atoms with Crippen LogP contribution in [0.25, 0.3) is 11.1 Å². The Morgan fingerprint density at radius 3 is 2.29 bits per heavy atom. The number of ether oxygens (including phenoxy) is 2. The number of hydrogen-bond donors (Lipinski definition) is 2. The van der Waals surface area contributed by atoms with Crippen molar-refractivity contribution in [2.75, 3.05) is 32.9 Å². The Hall–Kier alpha value is -3.39. The maximum absolute atomic E-state index is 12.6. The van der Waals surface area contributed by atoms with Gasteiger partial charge in [0.1, 0.15) is 12.1 Å². The molecule has 2 saturated heterocycles. The van der Waals surface area contributed by atoms with Crippen molar-refractivity contribution in [3.63, 3.8) is 0 Å². The second-order valence-corrected chi connectivity index (χ2v) is 10.1. The highest BCUT2D eigenvalue weighted by molar-refractivity contribution is 5.90. The zero-order chi connectivity index (χ0) is 24.6. The first-order valence-corrected chi connectivity index (χ1v) is 12.0. The average molecular weight is 479 g/mol. The van der Waals surface area contributed by atoms with Gasteiger partial charge in [-0.05, 0) is 40.5 Å². The Labute approximate surface area is 204 Å². The summed E-state index contributed by atoms with van der Waals surface area (Å²) < 4.78 is 11.0. The highest BCUT2D eigenvalue weighted by Gasteiger charge is 2.68. The second kappa shape index (κ2) is 9.00. The number of carbonyl (C=O) groups excluding carboxylic acids is 2. The first-order valence-electron chi connectivity index (χ1n) is 12.0. The van der Waals surface area contributed by atoms with E-state index in [0.717, 1.165) is 11.1 Å². The van der Waals surface area contributed by atoms with Crippen LogP contribution in [0.5, 0.6) is 0 Å². The normalized spacial score (nSPS) is 23.9. The summed E-state index contributed by atoms with van der Waals surface area (Å²) in [4.78, 5) is 37.9. The molecule has 0 aromatic heterocycles. The summed E-state index contributed by atoms with van der Waals surface area (Å²) >= 11 is 0. The predicted octanol–water partition coefficient (Wildman–Crippen LogP) is 3.40. The van der Waals surface area contributed by atoms with Crippen LogP contribution in [0.15, 0.2) is 48.5 Å². The molecule has 184 valence electrons. The van der Waals surface area contributed by atoms with E-state index in [0.29, 0.717) is 19.4 Å². The molecule has 0 radical (unpaired) electrons. The van der Waals surface area contributed by atoms with Crippen LogP contribution in [-0.2, 0) is 19.1 Å². The fraction of sp³-hybridized carbons (Fsp3) is 0.444. The SMILES string of the molecule is CC12CN(C(=O)CCOCCNC(=O)OCC3c4ccccc4-c4ccccc43)C(C(=O)O)(C1)C2. The Kier molecular flexibility index (Phi) is 6.01. The van der Waals surface area contributed by atoms with Crippen LogP contribution in [-0.4, -0.2) is 66.4 Å². The third kappa shape index (κ3) is 4.16. The van der Waals surface area contributed by atoms with E-state index >= 15 is 0 Å². The predicted molar refractivity (Wildman–Crippen MR) is 128 cm³/mol. The summed E-state index contributed by atoms with van der Waals surface area (Å²) in [5.74, 6) is -1.12. The third-order valence-corrected chi connectivity index (χ3v) is 7.51. The summed E-state index contributed by atoms with van der Waals surface area (Å²) in [6.07, 6.45) is 0.647. The molecule has 35 heavy (non-hydrogen) atoms. The van der Waals surface area contributed by atoms with E-state index in [1.165, 1.54) is 16.0 Å². The van der Waals surface area contributed by atoms with Gasteiger partial charge in [0.2, 0.25) is 5.91 Å². The number of carboxylic acid groups (broad SMARTS) is 1. The fourth-order valence-corrected chi connectivity index (χ4v) is 6.06. The molecule has 2 aromatic carbocycles. The number of aliphatic carboxylic acids is 1. The number of nitrogens with zero attached hydrogens (tertiary/aromatic N) is 1. The van der Waals surface area contributed by atoms with Gasteiger partial charge in [-0.3, -0.25) is 4.79 Å². The largest absolute Gasteiger partial charge is 0.479 e. The van der Waals surface area contributed by atoms with Crippen LogP contribution >= 0.6 is 0 Å². The number of hydrogen-bond acceptors (Lipinski definition) is 5. The smallest absolute Gasteiger partial charge is 0.407 e. The van der Waals surface area contributed by atoms with E-state index in [1.807, 2.05) is 31.2 Å². The van der Waals surface area contributed by atoms with Crippen LogP contribution in [0.1, 0.15) is 43.2 Å². The van der Waals surface area contributed by atoms with Gasteiger partial charge in [-0.15, -0.1) is 0 Å². The molecule has 2 amide bonds. The highest BCUT2D eigenvalue weighted by atomic mass is 16.5. The van der Waals surface area contributed by atoms with Crippen molar-refractivity contribution in [2.45, 2.75) is 37.6 Å². The quantitative estimate of drug-likeness (QED) is 0.536. The first-order chi connectivity index (χ1) is 16.8. The molecular weight excluding hydrogens is 448 g/mol. The van der Waals surface area contributed by atoms with E-state index in [4.69, 9.17) is 9.47 Å². The van der Waals surface area contributed by atoms with Gasteiger partial charge in [-0.25, -0.2) is 9.59 Å². The molecule has 2 aliphatic carbocycles. The minimum absolute atomic E-state index is 0.00317. The zero-order valence-electron chi connectivity index (χ0n) is 19.8. The van der Waals surface area contributed by atoms with Gasteiger partial charge < -0.3 is 24.8 Å². The van der Waals surface area contributed by atoms with Crippen molar-refractivity contribution in [1.29, 1.82) is 0 Å². The van der Waals surface area contributed by atoms with E-state index in [1.54, 1.807) is 0 Å². The average Bonchev–Trinajstić information content (AvgIpc) is 3.43. The minimum atomic E-state index is -1.03. The molecule has 2 aromatic rings. The van der Waals surface area contributed by atoms with Crippen LogP contribution < -0.4 is 5.32 Å². The second-order valence-electron chi connectivity index (χ2n) is 10.1. The topological polar surface area (TPSA) is 105 Å². The number of nitrogens with one attached hydrogen (secondary N) is 1. The third-order valence-electron chi connectivity index (χ3n) is 7.51. The lowest BCUT2D eigenvalue weighted by molar-refractivity contribution is -0.160. The van der Waals surface area contributed by atoms with E-state index < -0.39 is 17.6 Å². The number of benzene rings is 2. The Bertz CT molecular complexity index is 1110. The molecule has 3 fully saturated rings. The summed E-state index contributed by atoms with van der Waals surface area (Å²) in [5, 5.41) is 12.2. The highest BCUT2D eigenvalue weighted by Crippen LogP contribution is 2.59. The number of amides is 2. The maximum Gasteiger partial charge on any atom is 0.407 e. The first kappa shape index (κ1) is 23.4. The van der Waals surface area contributed by atoms with E-state index in [2.05, 4.69) is 29.6 Å². The standard InChI is InChI=1S/C27H30N2O6/c1-26-15-27(16-26,24(31)32)29(17-26)23(30)10-12-34-13-11-28-25(33)35-14-22-20-8-4-2-6-18(20)19-7-3-5-9-21(19)22/h2-9,22H,10-17H2,1H3,(H,28,33)(H,31,32). The Balaban J connectivity index is 1.02. The number of rotatable bonds is 9. The molecule has 0 atom stereocenters. The monoisotopic (exact) mass is 478 g/mol.